The van der Waals surface area contributed by atoms with Gasteiger partial charge in [-0.25, -0.2) is 14.2 Å². The molecule has 2 N–H and O–H groups in total. The van der Waals surface area contributed by atoms with Gasteiger partial charge in [-0.1, -0.05) is 6.07 Å². The second kappa shape index (κ2) is 5.38. The summed E-state index contributed by atoms with van der Waals surface area (Å²) in [6, 6.07) is 6.16. The van der Waals surface area contributed by atoms with E-state index >= 15 is 0 Å². The van der Waals surface area contributed by atoms with Crippen molar-refractivity contribution in [2.75, 3.05) is 5.32 Å². The zero-order chi connectivity index (χ0) is 15.9. The van der Waals surface area contributed by atoms with Gasteiger partial charge >= 0.3 is 5.97 Å². The number of nitrogens with one attached hydrogen (secondary N) is 1. The van der Waals surface area contributed by atoms with Gasteiger partial charge in [-0.2, -0.15) is 9.61 Å². The van der Waals surface area contributed by atoms with E-state index in [-0.39, 0.29) is 17.1 Å². The summed E-state index contributed by atoms with van der Waals surface area (Å²) in [5.41, 5.74) is 1.34. The third-order valence-corrected chi connectivity index (χ3v) is 3.45. The molecular weight excluding hydrogens is 355 g/mol. The van der Waals surface area contributed by atoms with Crippen molar-refractivity contribution in [3.05, 3.63) is 52.0 Å². The van der Waals surface area contributed by atoms with E-state index < -0.39 is 11.8 Å². The zero-order valence-corrected chi connectivity index (χ0v) is 12.9. The molecule has 8 heteroatoms. The van der Waals surface area contributed by atoms with E-state index in [2.05, 4.69) is 31.3 Å². The number of carboxylic acids is 1. The molecule has 6 nitrogen and oxygen atoms in total. The predicted octanol–water partition coefficient (Wildman–Crippen LogP) is 3.38. The molecule has 0 bridgehead atoms. The van der Waals surface area contributed by atoms with Crippen LogP contribution in [0.3, 0.4) is 0 Å². The number of fused-ring (bicyclic) bond motifs is 1. The van der Waals surface area contributed by atoms with Crippen LogP contribution in [0.25, 0.3) is 5.65 Å². The SMILES string of the molecule is Cc1ccc(F)c(Nc2c(C(=O)O)cnc3cc(Br)nn23)c1. The summed E-state index contributed by atoms with van der Waals surface area (Å²) < 4.78 is 15.7. The van der Waals surface area contributed by atoms with Crippen LogP contribution in [-0.2, 0) is 0 Å². The summed E-state index contributed by atoms with van der Waals surface area (Å²) in [5.74, 6) is -1.54. The lowest BCUT2D eigenvalue weighted by Gasteiger charge is -2.12. The third kappa shape index (κ3) is 2.52. The quantitative estimate of drug-likeness (QED) is 0.744. The lowest BCUT2D eigenvalue weighted by molar-refractivity contribution is 0.0697. The van der Waals surface area contributed by atoms with Crippen molar-refractivity contribution in [2.24, 2.45) is 0 Å². The third-order valence-electron chi connectivity index (χ3n) is 3.06. The van der Waals surface area contributed by atoms with Crippen LogP contribution in [0.5, 0.6) is 0 Å². The van der Waals surface area contributed by atoms with Gasteiger partial charge in [0.2, 0.25) is 0 Å². The summed E-state index contributed by atoms with van der Waals surface area (Å²) in [6.45, 7) is 1.81. The first kappa shape index (κ1) is 14.5. The maximum Gasteiger partial charge on any atom is 0.341 e. The zero-order valence-electron chi connectivity index (χ0n) is 11.3. The van der Waals surface area contributed by atoms with E-state index in [1.807, 2.05) is 6.92 Å². The van der Waals surface area contributed by atoms with Crippen LogP contribution in [0, 0.1) is 12.7 Å². The molecule has 0 fully saturated rings. The summed E-state index contributed by atoms with van der Waals surface area (Å²) in [6.07, 6.45) is 1.21. The number of hydrogen-bond donors (Lipinski definition) is 2. The Morgan fingerprint density at radius 1 is 1.41 bits per heavy atom. The van der Waals surface area contributed by atoms with Crippen LogP contribution in [0.4, 0.5) is 15.9 Å². The van der Waals surface area contributed by atoms with Gasteiger partial charge in [-0.05, 0) is 40.5 Å². The molecule has 2 aromatic heterocycles. The minimum Gasteiger partial charge on any atom is -0.477 e. The Kier molecular flexibility index (Phi) is 3.53. The Labute approximate surface area is 132 Å². The van der Waals surface area contributed by atoms with E-state index in [1.54, 1.807) is 18.2 Å². The average Bonchev–Trinajstić information content (AvgIpc) is 2.83. The van der Waals surface area contributed by atoms with Gasteiger partial charge in [0.1, 0.15) is 16.0 Å². The molecule has 112 valence electrons. The fourth-order valence-corrected chi connectivity index (χ4v) is 2.41. The first-order chi connectivity index (χ1) is 10.5. The molecule has 2 heterocycles. The van der Waals surface area contributed by atoms with Gasteiger partial charge in [0.15, 0.2) is 11.5 Å². The average molecular weight is 365 g/mol. The fraction of sp³-hybridized carbons (Fsp3) is 0.0714. The first-order valence-corrected chi connectivity index (χ1v) is 7.06. The Morgan fingerprint density at radius 2 is 2.18 bits per heavy atom. The lowest BCUT2D eigenvalue weighted by Crippen LogP contribution is -2.10. The molecule has 0 saturated heterocycles. The second-order valence-corrected chi connectivity index (χ2v) is 5.48. The normalized spacial score (nSPS) is 10.9. The van der Waals surface area contributed by atoms with Crippen molar-refractivity contribution in [1.29, 1.82) is 0 Å². The number of hydrogen-bond acceptors (Lipinski definition) is 4. The number of carboxylic acid groups (broad SMARTS) is 1. The van der Waals surface area contributed by atoms with Gasteiger partial charge in [0, 0.05) is 12.3 Å². The number of aryl methyl sites for hydroxylation is 1. The highest BCUT2D eigenvalue weighted by molar-refractivity contribution is 9.10. The van der Waals surface area contributed by atoms with Crippen molar-refractivity contribution < 1.29 is 14.3 Å². The van der Waals surface area contributed by atoms with E-state index in [4.69, 9.17) is 0 Å². The molecule has 1 aromatic carbocycles. The lowest BCUT2D eigenvalue weighted by atomic mass is 10.2. The molecule has 0 amide bonds. The van der Waals surface area contributed by atoms with Gasteiger partial charge in [0.05, 0.1) is 5.69 Å². The van der Waals surface area contributed by atoms with Crippen LogP contribution in [0.15, 0.2) is 35.1 Å². The second-order valence-electron chi connectivity index (χ2n) is 4.67. The van der Waals surface area contributed by atoms with Crippen molar-refractivity contribution in [3.63, 3.8) is 0 Å². The molecule has 0 radical (unpaired) electrons. The number of aromatic nitrogens is 3. The summed E-state index contributed by atoms with van der Waals surface area (Å²) in [7, 11) is 0. The van der Waals surface area contributed by atoms with Crippen LogP contribution in [-0.4, -0.2) is 25.7 Å². The molecule has 3 rings (SSSR count). The maximum atomic E-state index is 13.9. The Hall–Kier alpha value is -2.48. The fourth-order valence-electron chi connectivity index (χ4n) is 2.04. The standard InChI is InChI=1S/C14H10BrFN4O2/c1-7-2-3-9(16)10(4-7)18-13-8(14(21)22)6-17-12-5-11(15)19-20(12)13/h2-6,18H,1H3,(H,21,22). The molecule has 0 aliphatic carbocycles. The highest BCUT2D eigenvalue weighted by Crippen LogP contribution is 2.25. The summed E-state index contributed by atoms with van der Waals surface area (Å²) >= 11 is 3.21. The number of anilines is 2. The number of nitrogens with zero attached hydrogens (tertiary/aromatic N) is 3. The molecule has 0 saturated carbocycles. The van der Waals surface area contributed by atoms with Crippen LogP contribution < -0.4 is 5.32 Å². The highest BCUT2D eigenvalue weighted by Gasteiger charge is 2.18. The molecule has 0 unspecified atom stereocenters. The van der Waals surface area contributed by atoms with Gasteiger partial charge < -0.3 is 10.4 Å². The molecular formula is C14H10BrFN4O2. The van der Waals surface area contributed by atoms with Gasteiger partial charge in [0.25, 0.3) is 0 Å². The minimum absolute atomic E-state index is 0.107. The molecule has 0 aliphatic rings. The van der Waals surface area contributed by atoms with Crippen LogP contribution in [0.2, 0.25) is 0 Å². The molecule has 0 atom stereocenters. The van der Waals surface area contributed by atoms with Gasteiger partial charge in [-0.15, -0.1) is 0 Å². The highest BCUT2D eigenvalue weighted by atomic mass is 79.9. The molecule has 0 spiro atoms. The number of rotatable bonds is 3. The Bertz CT molecular complexity index is 894. The van der Waals surface area contributed by atoms with Crippen molar-refractivity contribution in [1.82, 2.24) is 14.6 Å². The van der Waals surface area contributed by atoms with Gasteiger partial charge in [-0.3, -0.25) is 0 Å². The molecule has 22 heavy (non-hydrogen) atoms. The number of carbonyl (C=O) groups is 1. The van der Waals surface area contributed by atoms with E-state index in [0.29, 0.717) is 10.3 Å². The number of aromatic carboxylic acids is 1. The summed E-state index contributed by atoms with van der Waals surface area (Å²) in [4.78, 5) is 15.4. The van der Waals surface area contributed by atoms with E-state index in [0.717, 1.165) is 5.56 Å². The maximum absolute atomic E-state index is 13.9. The minimum atomic E-state index is -1.18. The van der Waals surface area contributed by atoms with Crippen LogP contribution >= 0.6 is 15.9 Å². The van der Waals surface area contributed by atoms with Crippen molar-refractivity contribution in [2.45, 2.75) is 6.92 Å². The smallest absolute Gasteiger partial charge is 0.341 e. The largest absolute Gasteiger partial charge is 0.477 e. The summed E-state index contributed by atoms with van der Waals surface area (Å²) in [5, 5.41) is 16.2. The molecule has 0 aliphatic heterocycles. The van der Waals surface area contributed by atoms with Crippen molar-refractivity contribution in [3.8, 4) is 0 Å². The Balaban J connectivity index is 2.21. The first-order valence-electron chi connectivity index (χ1n) is 6.26. The Morgan fingerprint density at radius 3 is 2.91 bits per heavy atom. The molecule has 3 aromatic rings. The monoisotopic (exact) mass is 364 g/mol. The number of benzene rings is 1. The van der Waals surface area contributed by atoms with Crippen molar-refractivity contribution >= 4 is 39.1 Å². The number of halogens is 2. The van der Waals surface area contributed by atoms with E-state index in [1.165, 1.54) is 16.8 Å². The predicted molar refractivity (Wildman–Crippen MR) is 82.1 cm³/mol. The van der Waals surface area contributed by atoms with Crippen LogP contribution in [0.1, 0.15) is 15.9 Å². The topological polar surface area (TPSA) is 79.5 Å². The van der Waals surface area contributed by atoms with E-state index in [9.17, 15) is 14.3 Å².